The van der Waals surface area contributed by atoms with E-state index in [4.69, 9.17) is 10.8 Å². The third-order valence-corrected chi connectivity index (χ3v) is 1.94. The van der Waals surface area contributed by atoms with Gasteiger partial charge in [-0.1, -0.05) is 12.2 Å². The molecule has 0 bridgehead atoms. The molecule has 0 saturated carbocycles. The summed E-state index contributed by atoms with van der Waals surface area (Å²) in [6.45, 7) is 7.19. The molecule has 0 aliphatic rings. The van der Waals surface area contributed by atoms with Crippen molar-refractivity contribution in [2.45, 2.75) is 31.2 Å². The van der Waals surface area contributed by atoms with Crippen LogP contribution in [-0.4, -0.2) is 16.6 Å². The average molecular weight is 183 g/mol. The zero-order valence-corrected chi connectivity index (χ0v) is 7.83. The first-order chi connectivity index (χ1) is 6.04. The molecule has 13 heavy (non-hydrogen) atoms. The molecular weight excluding hydrogens is 166 g/mol. The summed E-state index contributed by atoms with van der Waals surface area (Å²) in [5.74, 6) is -0.817. The van der Waals surface area contributed by atoms with Crippen LogP contribution in [0.3, 0.4) is 0 Å². The van der Waals surface area contributed by atoms with Crippen molar-refractivity contribution < 1.29 is 9.90 Å². The molecule has 0 heterocycles. The van der Waals surface area contributed by atoms with Gasteiger partial charge >= 0.3 is 5.97 Å². The third kappa shape index (κ3) is 5.20. The number of hydrogen-bond donors (Lipinski definition) is 2. The van der Waals surface area contributed by atoms with Gasteiger partial charge in [-0.2, -0.15) is 0 Å². The van der Waals surface area contributed by atoms with Crippen LogP contribution in [0.1, 0.15) is 25.7 Å². The summed E-state index contributed by atoms with van der Waals surface area (Å²) in [6, 6.07) is 0. The van der Waals surface area contributed by atoms with Crippen LogP contribution in [0.5, 0.6) is 0 Å². The van der Waals surface area contributed by atoms with E-state index in [1.807, 2.05) is 0 Å². The molecule has 0 fully saturated rings. The Morgan fingerprint density at radius 1 is 1.38 bits per heavy atom. The standard InChI is InChI=1S/C10H17NO2/c1-3-6-10(11,7-4-2)8-5-9(12)13/h3-4H,1-2,5-8,11H2,(H,12,13). The summed E-state index contributed by atoms with van der Waals surface area (Å²) in [4.78, 5) is 10.3. The van der Waals surface area contributed by atoms with Crippen molar-refractivity contribution in [3.05, 3.63) is 25.3 Å². The van der Waals surface area contributed by atoms with Crippen molar-refractivity contribution >= 4 is 5.97 Å². The summed E-state index contributed by atoms with van der Waals surface area (Å²) < 4.78 is 0. The summed E-state index contributed by atoms with van der Waals surface area (Å²) in [5.41, 5.74) is 5.48. The number of rotatable bonds is 7. The summed E-state index contributed by atoms with van der Waals surface area (Å²) in [7, 11) is 0. The van der Waals surface area contributed by atoms with E-state index in [2.05, 4.69) is 13.2 Å². The molecule has 0 aromatic rings. The highest BCUT2D eigenvalue weighted by molar-refractivity contribution is 5.66. The van der Waals surface area contributed by atoms with E-state index in [1.54, 1.807) is 12.2 Å². The Morgan fingerprint density at radius 2 is 1.85 bits per heavy atom. The molecule has 0 aromatic carbocycles. The summed E-state index contributed by atoms with van der Waals surface area (Å²) >= 11 is 0. The lowest BCUT2D eigenvalue weighted by atomic mass is 9.87. The number of carbonyl (C=O) groups is 1. The number of carboxylic acid groups (broad SMARTS) is 1. The van der Waals surface area contributed by atoms with Crippen molar-refractivity contribution in [1.82, 2.24) is 0 Å². The highest BCUT2D eigenvalue weighted by Gasteiger charge is 2.22. The van der Waals surface area contributed by atoms with Crippen LogP contribution < -0.4 is 5.73 Å². The van der Waals surface area contributed by atoms with E-state index in [0.717, 1.165) is 0 Å². The normalized spacial score (nSPS) is 10.8. The fourth-order valence-corrected chi connectivity index (χ4v) is 1.22. The lowest BCUT2D eigenvalue weighted by molar-refractivity contribution is -0.137. The molecule has 3 heteroatoms. The van der Waals surface area contributed by atoms with Gasteiger partial charge in [0.15, 0.2) is 0 Å². The monoisotopic (exact) mass is 183 g/mol. The van der Waals surface area contributed by atoms with Gasteiger partial charge in [0.25, 0.3) is 0 Å². The number of nitrogens with two attached hydrogens (primary N) is 1. The van der Waals surface area contributed by atoms with E-state index < -0.39 is 11.5 Å². The smallest absolute Gasteiger partial charge is 0.303 e. The molecule has 0 radical (unpaired) electrons. The van der Waals surface area contributed by atoms with Gasteiger partial charge in [0, 0.05) is 12.0 Å². The quantitative estimate of drug-likeness (QED) is 0.590. The SMILES string of the molecule is C=CCC(N)(CC=C)CCC(=O)O. The highest BCUT2D eigenvalue weighted by atomic mass is 16.4. The van der Waals surface area contributed by atoms with Crippen molar-refractivity contribution in [2.24, 2.45) is 5.73 Å². The molecule has 0 amide bonds. The molecule has 0 saturated heterocycles. The van der Waals surface area contributed by atoms with Crippen molar-refractivity contribution in [1.29, 1.82) is 0 Å². The number of hydrogen-bond acceptors (Lipinski definition) is 2. The second kappa shape index (κ2) is 5.54. The predicted molar refractivity (Wildman–Crippen MR) is 53.4 cm³/mol. The molecule has 0 aliphatic heterocycles. The molecular formula is C10H17NO2. The molecule has 0 aliphatic carbocycles. The minimum Gasteiger partial charge on any atom is -0.481 e. The number of carboxylic acids is 1. The maximum atomic E-state index is 10.3. The second-order valence-electron chi connectivity index (χ2n) is 3.24. The Bertz CT molecular complexity index is 189. The third-order valence-electron chi connectivity index (χ3n) is 1.94. The van der Waals surface area contributed by atoms with Crippen LogP contribution in [-0.2, 0) is 4.79 Å². The Kier molecular flexibility index (Phi) is 5.07. The molecule has 3 nitrogen and oxygen atoms in total. The van der Waals surface area contributed by atoms with E-state index in [1.165, 1.54) is 0 Å². The Hall–Kier alpha value is -1.09. The van der Waals surface area contributed by atoms with E-state index >= 15 is 0 Å². The Morgan fingerprint density at radius 3 is 2.15 bits per heavy atom. The topological polar surface area (TPSA) is 63.3 Å². The molecule has 0 unspecified atom stereocenters. The fourth-order valence-electron chi connectivity index (χ4n) is 1.22. The first-order valence-corrected chi connectivity index (χ1v) is 4.26. The van der Waals surface area contributed by atoms with Crippen LogP contribution in [0.2, 0.25) is 0 Å². The van der Waals surface area contributed by atoms with Gasteiger partial charge in [0.2, 0.25) is 0 Å². The van der Waals surface area contributed by atoms with Gasteiger partial charge in [0.1, 0.15) is 0 Å². The van der Waals surface area contributed by atoms with Crippen LogP contribution in [0.25, 0.3) is 0 Å². The van der Waals surface area contributed by atoms with Crippen molar-refractivity contribution in [2.75, 3.05) is 0 Å². The largest absolute Gasteiger partial charge is 0.481 e. The zero-order valence-electron chi connectivity index (χ0n) is 7.83. The number of aliphatic carboxylic acids is 1. The first kappa shape index (κ1) is 11.9. The van der Waals surface area contributed by atoms with Crippen molar-refractivity contribution in [3.63, 3.8) is 0 Å². The van der Waals surface area contributed by atoms with Crippen LogP contribution >= 0.6 is 0 Å². The highest BCUT2D eigenvalue weighted by Crippen LogP contribution is 2.19. The van der Waals surface area contributed by atoms with E-state index in [9.17, 15) is 4.79 Å². The zero-order chi connectivity index (χ0) is 10.3. The Balaban J connectivity index is 4.12. The average Bonchev–Trinajstić information content (AvgIpc) is 2.02. The Labute approximate surface area is 78.9 Å². The van der Waals surface area contributed by atoms with Gasteiger partial charge in [-0.15, -0.1) is 13.2 Å². The van der Waals surface area contributed by atoms with Gasteiger partial charge < -0.3 is 10.8 Å². The molecule has 0 aromatic heterocycles. The maximum absolute atomic E-state index is 10.3. The summed E-state index contributed by atoms with van der Waals surface area (Å²) in [6.07, 6.45) is 5.22. The first-order valence-electron chi connectivity index (χ1n) is 4.26. The molecule has 0 spiro atoms. The molecule has 0 atom stereocenters. The van der Waals surface area contributed by atoms with E-state index in [-0.39, 0.29) is 6.42 Å². The van der Waals surface area contributed by atoms with Gasteiger partial charge in [0.05, 0.1) is 0 Å². The predicted octanol–water partition coefficient (Wildman–Crippen LogP) is 1.70. The van der Waals surface area contributed by atoms with Gasteiger partial charge in [-0.05, 0) is 19.3 Å². The lowest BCUT2D eigenvalue weighted by Crippen LogP contribution is -2.39. The van der Waals surface area contributed by atoms with E-state index in [0.29, 0.717) is 19.3 Å². The van der Waals surface area contributed by atoms with Gasteiger partial charge in [-0.3, -0.25) is 4.79 Å². The molecule has 3 N–H and O–H groups in total. The maximum Gasteiger partial charge on any atom is 0.303 e. The lowest BCUT2D eigenvalue weighted by Gasteiger charge is -2.26. The molecule has 0 rings (SSSR count). The van der Waals surface area contributed by atoms with Gasteiger partial charge in [-0.25, -0.2) is 0 Å². The minimum absolute atomic E-state index is 0.0954. The van der Waals surface area contributed by atoms with Crippen molar-refractivity contribution in [3.8, 4) is 0 Å². The molecule has 74 valence electrons. The second-order valence-corrected chi connectivity index (χ2v) is 3.24. The fraction of sp³-hybridized carbons (Fsp3) is 0.500. The summed E-state index contributed by atoms with van der Waals surface area (Å²) in [5, 5.41) is 8.51. The van der Waals surface area contributed by atoms with Crippen LogP contribution in [0.15, 0.2) is 25.3 Å². The minimum atomic E-state index is -0.817. The van der Waals surface area contributed by atoms with Crippen LogP contribution in [0, 0.1) is 0 Å². The van der Waals surface area contributed by atoms with Crippen LogP contribution in [0.4, 0.5) is 0 Å².